The second-order valence-corrected chi connectivity index (χ2v) is 5.55. The summed E-state index contributed by atoms with van der Waals surface area (Å²) in [7, 11) is 0. The second-order valence-electron chi connectivity index (χ2n) is 4.23. The molecule has 19 heavy (non-hydrogen) atoms. The number of esters is 1. The Morgan fingerprint density at radius 1 is 1.47 bits per heavy atom. The lowest BCUT2D eigenvalue weighted by atomic mass is 10.1. The average Bonchev–Trinajstić information content (AvgIpc) is 2.38. The highest BCUT2D eigenvalue weighted by atomic mass is 32.2. The maximum absolute atomic E-state index is 11.9. The number of anilines is 2. The van der Waals surface area contributed by atoms with Crippen LogP contribution in [0.1, 0.15) is 31.1 Å². The molecule has 1 aromatic rings. The molecule has 4 nitrogen and oxygen atoms in total. The number of nitrogens with one attached hydrogen (secondary N) is 1. The number of rotatable bonds is 7. The third-order valence-corrected chi connectivity index (χ3v) is 3.66. The Bertz CT molecular complexity index is 424. The van der Waals surface area contributed by atoms with Crippen LogP contribution in [-0.4, -0.2) is 30.1 Å². The van der Waals surface area contributed by atoms with Gasteiger partial charge in [0.05, 0.1) is 12.2 Å². The predicted molar refractivity (Wildman–Crippen MR) is 82.9 cm³/mol. The molecule has 3 N–H and O–H groups in total. The fourth-order valence-corrected chi connectivity index (χ4v) is 2.34. The van der Waals surface area contributed by atoms with Crippen molar-refractivity contribution in [3.63, 3.8) is 0 Å². The molecule has 1 unspecified atom stereocenters. The summed E-state index contributed by atoms with van der Waals surface area (Å²) < 4.78 is 5.05. The van der Waals surface area contributed by atoms with Gasteiger partial charge < -0.3 is 15.8 Å². The van der Waals surface area contributed by atoms with Crippen molar-refractivity contribution >= 4 is 29.1 Å². The molecule has 0 heterocycles. The van der Waals surface area contributed by atoms with E-state index in [2.05, 4.69) is 19.2 Å². The lowest BCUT2D eigenvalue weighted by molar-refractivity contribution is 0.0527. The molecule has 0 fully saturated rings. The number of thioether (sulfide) groups is 1. The van der Waals surface area contributed by atoms with Gasteiger partial charge in [-0.3, -0.25) is 0 Å². The first kappa shape index (κ1) is 15.7. The van der Waals surface area contributed by atoms with Gasteiger partial charge in [-0.25, -0.2) is 4.79 Å². The van der Waals surface area contributed by atoms with Gasteiger partial charge in [0.25, 0.3) is 0 Å². The van der Waals surface area contributed by atoms with E-state index >= 15 is 0 Å². The fraction of sp³-hybridized carbons (Fsp3) is 0.500. The molecule has 0 saturated carbocycles. The van der Waals surface area contributed by atoms with Crippen LogP contribution in [0, 0.1) is 0 Å². The van der Waals surface area contributed by atoms with Crippen LogP contribution in [0.25, 0.3) is 0 Å². The molecule has 5 heteroatoms. The average molecular weight is 282 g/mol. The highest BCUT2D eigenvalue weighted by Crippen LogP contribution is 2.21. The number of carbonyl (C=O) groups is 1. The van der Waals surface area contributed by atoms with Crippen molar-refractivity contribution in [2.45, 2.75) is 26.8 Å². The first-order valence-electron chi connectivity index (χ1n) is 6.49. The van der Waals surface area contributed by atoms with Gasteiger partial charge in [-0.1, -0.05) is 6.92 Å². The first-order valence-corrected chi connectivity index (χ1v) is 7.64. The number of hydrogen-bond donors (Lipinski definition) is 2. The zero-order chi connectivity index (χ0) is 14.3. The Kier molecular flexibility index (Phi) is 6.56. The van der Waals surface area contributed by atoms with Crippen LogP contribution in [0.4, 0.5) is 11.4 Å². The van der Waals surface area contributed by atoms with Gasteiger partial charge in [-0.05, 0) is 37.8 Å². The summed E-state index contributed by atoms with van der Waals surface area (Å²) in [6, 6.07) is 5.54. The van der Waals surface area contributed by atoms with Gasteiger partial charge >= 0.3 is 5.97 Å². The summed E-state index contributed by atoms with van der Waals surface area (Å²) in [6.07, 6.45) is 0. The third kappa shape index (κ3) is 5.03. The van der Waals surface area contributed by atoms with Gasteiger partial charge in [-0.2, -0.15) is 11.8 Å². The number of nitrogens with two attached hydrogens (primary N) is 1. The van der Waals surface area contributed by atoms with Crippen molar-refractivity contribution in [1.29, 1.82) is 0 Å². The van der Waals surface area contributed by atoms with Gasteiger partial charge in [0.1, 0.15) is 0 Å². The molecule has 0 spiro atoms. The van der Waals surface area contributed by atoms with Gasteiger partial charge in [0.15, 0.2) is 0 Å². The number of hydrogen-bond acceptors (Lipinski definition) is 5. The molecular weight excluding hydrogens is 260 g/mol. The van der Waals surface area contributed by atoms with Crippen molar-refractivity contribution in [2.75, 3.05) is 29.2 Å². The van der Waals surface area contributed by atoms with Crippen molar-refractivity contribution in [1.82, 2.24) is 0 Å². The molecule has 0 bridgehead atoms. The van der Waals surface area contributed by atoms with Gasteiger partial charge in [0.2, 0.25) is 0 Å². The van der Waals surface area contributed by atoms with Crippen LogP contribution in [-0.2, 0) is 4.74 Å². The molecule has 0 saturated heterocycles. The normalized spacial score (nSPS) is 11.9. The lowest BCUT2D eigenvalue weighted by Crippen LogP contribution is -2.20. The minimum atomic E-state index is -0.340. The summed E-state index contributed by atoms with van der Waals surface area (Å²) >= 11 is 1.86. The third-order valence-electron chi connectivity index (χ3n) is 2.51. The quantitative estimate of drug-likeness (QED) is 0.594. The molecular formula is C14H22N2O2S. The Hall–Kier alpha value is -1.36. The van der Waals surface area contributed by atoms with E-state index < -0.39 is 0 Å². The molecule has 1 atom stereocenters. The van der Waals surface area contributed by atoms with Crippen molar-refractivity contribution in [3.8, 4) is 0 Å². The molecule has 0 aliphatic heterocycles. The highest BCUT2D eigenvalue weighted by molar-refractivity contribution is 7.99. The minimum absolute atomic E-state index is 0.279. The smallest absolute Gasteiger partial charge is 0.340 e. The monoisotopic (exact) mass is 282 g/mol. The second kappa shape index (κ2) is 7.94. The SMILES string of the molecule is CCOC(=O)c1cc(N)ccc1NC(C)CSCC. The van der Waals surface area contributed by atoms with E-state index in [1.165, 1.54) is 0 Å². The van der Waals surface area contributed by atoms with Crippen molar-refractivity contribution in [2.24, 2.45) is 0 Å². The lowest BCUT2D eigenvalue weighted by Gasteiger charge is -2.17. The Morgan fingerprint density at radius 2 is 2.21 bits per heavy atom. The highest BCUT2D eigenvalue weighted by Gasteiger charge is 2.14. The maximum Gasteiger partial charge on any atom is 0.340 e. The Balaban J connectivity index is 2.84. The van der Waals surface area contributed by atoms with E-state index in [1.807, 2.05) is 17.8 Å². The predicted octanol–water partition coefficient (Wildman–Crippen LogP) is 3.00. The van der Waals surface area contributed by atoms with E-state index in [0.29, 0.717) is 17.9 Å². The topological polar surface area (TPSA) is 64.3 Å². The molecule has 0 aromatic heterocycles. The molecule has 0 radical (unpaired) electrons. The zero-order valence-electron chi connectivity index (χ0n) is 11.7. The van der Waals surface area contributed by atoms with Crippen molar-refractivity contribution in [3.05, 3.63) is 23.8 Å². The molecule has 0 aliphatic rings. The van der Waals surface area contributed by atoms with E-state index in [-0.39, 0.29) is 12.0 Å². The Morgan fingerprint density at radius 3 is 2.84 bits per heavy atom. The van der Waals surface area contributed by atoms with E-state index in [4.69, 9.17) is 10.5 Å². The van der Waals surface area contributed by atoms with Crippen LogP contribution in [0.2, 0.25) is 0 Å². The summed E-state index contributed by atoms with van der Waals surface area (Å²) in [5, 5.41) is 3.33. The van der Waals surface area contributed by atoms with Crippen LogP contribution in [0.3, 0.4) is 0 Å². The van der Waals surface area contributed by atoms with E-state index in [0.717, 1.165) is 17.2 Å². The van der Waals surface area contributed by atoms with E-state index in [9.17, 15) is 4.79 Å². The molecule has 1 rings (SSSR count). The largest absolute Gasteiger partial charge is 0.462 e. The molecule has 0 amide bonds. The number of carbonyl (C=O) groups excluding carboxylic acids is 1. The van der Waals surface area contributed by atoms with Crippen LogP contribution >= 0.6 is 11.8 Å². The van der Waals surface area contributed by atoms with E-state index in [1.54, 1.807) is 19.1 Å². The number of ether oxygens (including phenoxy) is 1. The minimum Gasteiger partial charge on any atom is -0.462 e. The maximum atomic E-state index is 11.9. The van der Waals surface area contributed by atoms with Crippen LogP contribution < -0.4 is 11.1 Å². The molecule has 106 valence electrons. The molecule has 1 aromatic carbocycles. The van der Waals surface area contributed by atoms with Gasteiger partial charge in [-0.15, -0.1) is 0 Å². The summed E-state index contributed by atoms with van der Waals surface area (Å²) in [5.74, 6) is 1.73. The summed E-state index contributed by atoms with van der Waals surface area (Å²) in [6.45, 7) is 6.37. The molecule has 0 aliphatic carbocycles. The van der Waals surface area contributed by atoms with Gasteiger partial charge in [0, 0.05) is 23.2 Å². The fourth-order valence-electron chi connectivity index (χ4n) is 1.67. The van der Waals surface area contributed by atoms with Crippen LogP contribution in [0.15, 0.2) is 18.2 Å². The standard InChI is InChI=1S/C14H22N2O2S/c1-4-18-14(17)12-8-11(15)6-7-13(12)16-10(3)9-19-5-2/h6-8,10,16H,4-5,9,15H2,1-3H3. The first-order chi connectivity index (χ1) is 9.08. The number of benzene rings is 1. The number of nitrogen functional groups attached to an aromatic ring is 1. The zero-order valence-corrected chi connectivity index (χ0v) is 12.5. The Labute approximate surface area is 119 Å². The van der Waals surface area contributed by atoms with Crippen molar-refractivity contribution < 1.29 is 9.53 Å². The van der Waals surface area contributed by atoms with Crippen LogP contribution in [0.5, 0.6) is 0 Å². The summed E-state index contributed by atoms with van der Waals surface area (Å²) in [5.41, 5.74) is 7.56. The summed E-state index contributed by atoms with van der Waals surface area (Å²) in [4.78, 5) is 11.9.